The van der Waals surface area contributed by atoms with Crippen LogP contribution >= 0.6 is 11.8 Å². The molecule has 96 valence electrons. The summed E-state index contributed by atoms with van der Waals surface area (Å²) < 4.78 is 0. The molecule has 0 fully saturated rings. The van der Waals surface area contributed by atoms with E-state index in [1.54, 1.807) is 0 Å². The predicted molar refractivity (Wildman–Crippen MR) is 76.5 cm³/mol. The molecular weight excluding hydrogens is 230 g/mol. The summed E-state index contributed by atoms with van der Waals surface area (Å²) in [5.41, 5.74) is 0.162. The minimum Gasteiger partial charge on any atom is -0.384 e. The average molecular weight is 253 g/mol. The second-order valence-electron chi connectivity index (χ2n) is 4.58. The van der Waals surface area contributed by atoms with Gasteiger partial charge in [-0.05, 0) is 25.2 Å². The lowest BCUT2D eigenvalue weighted by molar-refractivity contribution is 0.0551. The summed E-state index contributed by atoms with van der Waals surface area (Å²) in [5.74, 6) is 2.22. The molecule has 0 heterocycles. The monoisotopic (exact) mass is 253 g/mol. The zero-order chi connectivity index (χ0) is 12.7. The lowest BCUT2D eigenvalue weighted by Crippen LogP contribution is -2.40. The van der Waals surface area contributed by atoms with E-state index < -0.39 is 5.60 Å². The van der Waals surface area contributed by atoms with E-state index in [4.69, 9.17) is 0 Å². The molecule has 0 saturated heterocycles. The number of thioether (sulfide) groups is 1. The van der Waals surface area contributed by atoms with E-state index in [-0.39, 0.29) is 0 Å². The van der Waals surface area contributed by atoms with Crippen molar-refractivity contribution < 1.29 is 5.11 Å². The molecule has 0 amide bonds. The smallest absolute Gasteiger partial charge is 0.0992 e. The van der Waals surface area contributed by atoms with Crippen molar-refractivity contribution in [2.24, 2.45) is 0 Å². The van der Waals surface area contributed by atoms with Gasteiger partial charge in [0, 0.05) is 18.3 Å². The maximum atomic E-state index is 10.4. The molecule has 0 radical (unpaired) electrons. The Morgan fingerprint density at radius 2 is 2.00 bits per heavy atom. The van der Waals surface area contributed by atoms with Crippen LogP contribution in [0.15, 0.2) is 30.3 Å². The lowest BCUT2D eigenvalue weighted by Gasteiger charge is -2.26. The van der Waals surface area contributed by atoms with Crippen LogP contribution in [-0.4, -0.2) is 29.2 Å². The van der Waals surface area contributed by atoms with Crippen molar-refractivity contribution in [1.82, 2.24) is 5.32 Å². The van der Waals surface area contributed by atoms with E-state index in [0.717, 1.165) is 17.1 Å². The highest BCUT2D eigenvalue weighted by Gasteiger charge is 2.22. The molecule has 2 atom stereocenters. The first-order chi connectivity index (χ1) is 8.06. The molecule has 0 spiro atoms. The van der Waals surface area contributed by atoms with Gasteiger partial charge < -0.3 is 10.4 Å². The fourth-order valence-corrected chi connectivity index (χ4v) is 2.33. The van der Waals surface area contributed by atoms with Crippen LogP contribution in [0.2, 0.25) is 0 Å². The molecule has 2 N–H and O–H groups in total. The van der Waals surface area contributed by atoms with Crippen LogP contribution in [0.25, 0.3) is 0 Å². The van der Waals surface area contributed by atoms with Crippen LogP contribution in [0, 0.1) is 0 Å². The van der Waals surface area contributed by atoms with Crippen molar-refractivity contribution in [1.29, 1.82) is 0 Å². The van der Waals surface area contributed by atoms with Crippen molar-refractivity contribution in [3.05, 3.63) is 35.9 Å². The van der Waals surface area contributed by atoms with Gasteiger partial charge in [-0.15, -0.1) is 0 Å². The molecule has 1 aromatic rings. The summed E-state index contributed by atoms with van der Waals surface area (Å²) in [6.07, 6.45) is 0. The third-order valence-corrected chi connectivity index (χ3v) is 3.91. The van der Waals surface area contributed by atoms with Gasteiger partial charge in [-0.2, -0.15) is 11.8 Å². The van der Waals surface area contributed by atoms with Gasteiger partial charge in [0.2, 0.25) is 0 Å². The Hall–Kier alpha value is -0.510. The summed E-state index contributed by atoms with van der Waals surface area (Å²) in [6, 6.07) is 10.2. The maximum Gasteiger partial charge on any atom is 0.0992 e. The summed E-state index contributed by atoms with van der Waals surface area (Å²) >= 11 is 1.92. The standard InChI is InChI=1S/C14H23NOS/c1-4-17-10-12(2)15-11-14(3,16)13-8-6-5-7-9-13/h5-9,12,15-16H,4,10-11H2,1-3H3. The summed E-state index contributed by atoms with van der Waals surface area (Å²) in [4.78, 5) is 0. The Morgan fingerprint density at radius 3 is 2.59 bits per heavy atom. The summed E-state index contributed by atoms with van der Waals surface area (Å²) in [6.45, 7) is 6.76. The average Bonchev–Trinajstić information content (AvgIpc) is 2.35. The molecule has 2 unspecified atom stereocenters. The van der Waals surface area contributed by atoms with E-state index in [2.05, 4.69) is 19.2 Å². The largest absolute Gasteiger partial charge is 0.384 e. The van der Waals surface area contributed by atoms with E-state index in [1.165, 1.54) is 0 Å². The molecule has 1 aromatic carbocycles. The molecule has 0 saturated carbocycles. The molecule has 0 aliphatic heterocycles. The number of nitrogens with one attached hydrogen (secondary N) is 1. The first kappa shape index (κ1) is 14.6. The van der Waals surface area contributed by atoms with E-state index in [9.17, 15) is 5.11 Å². The van der Waals surface area contributed by atoms with Gasteiger partial charge >= 0.3 is 0 Å². The Kier molecular flexibility index (Phi) is 6.03. The quantitative estimate of drug-likeness (QED) is 0.783. The van der Waals surface area contributed by atoms with Crippen LogP contribution < -0.4 is 5.32 Å². The molecule has 0 bridgehead atoms. The molecule has 1 rings (SSSR count). The number of aliphatic hydroxyl groups is 1. The highest BCUT2D eigenvalue weighted by atomic mass is 32.2. The SMILES string of the molecule is CCSCC(C)NCC(C)(O)c1ccccc1. The zero-order valence-corrected chi connectivity index (χ0v) is 11.8. The normalized spacial score (nSPS) is 16.5. The van der Waals surface area contributed by atoms with E-state index in [0.29, 0.717) is 12.6 Å². The van der Waals surface area contributed by atoms with Crippen molar-refractivity contribution in [3.8, 4) is 0 Å². The predicted octanol–water partition coefficient (Wildman–Crippen LogP) is 2.63. The second kappa shape index (κ2) is 7.04. The Balaban J connectivity index is 2.45. The van der Waals surface area contributed by atoms with Crippen molar-refractivity contribution in [2.75, 3.05) is 18.1 Å². The molecular formula is C14H23NOS. The first-order valence-electron chi connectivity index (χ1n) is 6.15. The fraction of sp³-hybridized carbons (Fsp3) is 0.571. The van der Waals surface area contributed by atoms with Crippen molar-refractivity contribution in [3.63, 3.8) is 0 Å². The number of rotatable bonds is 7. The maximum absolute atomic E-state index is 10.4. The molecule has 17 heavy (non-hydrogen) atoms. The molecule has 0 aliphatic carbocycles. The first-order valence-corrected chi connectivity index (χ1v) is 7.30. The molecule has 3 heteroatoms. The third-order valence-electron chi connectivity index (χ3n) is 2.76. The van der Waals surface area contributed by atoms with E-state index in [1.807, 2.05) is 49.0 Å². The van der Waals surface area contributed by atoms with Crippen molar-refractivity contribution in [2.45, 2.75) is 32.4 Å². The van der Waals surface area contributed by atoms with Crippen LogP contribution in [-0.2, 0) is 5.60 Å². The van der Waals surface area contributed by atoms with Crippen LogP contribution in [0.3, 0.4) is 0 Å². The number of benzene rings is 1. The Labute approximate surface area is 109 Å². The van der Waals surface area contributed by atoms with E-state index >= 15 is 0 Å². The summed E-state index contributed by atoms with van der Waals surface area (Å²) in [7, 11) is 0. The minimum atomic E-state index is -0.799. The molecule has 0 aliphatic rings. The lowest BCUT2D eigenvalue weighted by atomic mass is 9.96. The topological polar surface area (TPSA) is 32.3 Å². The van der Waals surface area contributed by atoms with Gasteiger partial charge in [0.15, 0.2) is 0 Å². The fourth-order valence-electron chi connectivity index (χ4n) is 1.63. The van der Waals surface area contributed by atoms with Gasteiger partial charge in [0.05, 0.1) is 5.60 Å². The van der Waals surface area contributed by atoms with Gasteiger partial charge in [0.25, 0.3) is 0 Å². The van der Waals surface area contributed by atoms with Gasteiger partial charge in [-0.3, -0.25) is 0 Å². The second-order valence-corrected chi connectivity index (χ2v) is 5.90. The summed E-state index contributed by atoms with van der Waals surface area (Å²) in [5, 5.41) is 13.8. The van der Waals surface area contributed by atoms with Crippen molar-refractivity contribution >= 4 is 11.8 Å². The van der Waals surface area contributed by atoms with Crippen LogP contribution in [0.4, 0.5) is 0 Å². The van der Waals surface area contributed by atoms with Gasteiger partial charge in [-0.25, -0.2) is 0 Å². The number of hydrogen-bond donors (Lipinski definition) is 2. The third kappa shape index (κ3) is 5.11. The Bertz CT molecular complexity index is 313. The van der Waals surface area contributed by atoms with Crippen LogP contribution in [0.5, 0.6) is 0 Å². The zero-order valence-electron chi connectivity index (χ0n) is 10.9. The highest BCUT2D eigenvalue weighted by Crippen LogP contribution is 2.19. The minimum absolute atomic E-state index is 0.426. The molecule has 0 aromatic heterocycles. The number of hydrogen-bond acceptors (Lipinski definition) is 3. The molecule has 2 nitrogen and oxygen atoms in total. The van der Waals surface area contributed by atoms with Crippen LogP contribution in [0.1, 0.15) is 26.3 Å². The van der Waals surface area contributed by atoms with Gasteiger partial charge in [-0.1, -0.05) is 37.3 Å². The van der Waals surface area contributed by atoms with Gasteiger partial charge in [0.1, 0.15) is 0 Å². The Morgan fingerprint density at radius 1 is 1.35 bits per heavy atom. The highest BCUT2D eigenvalue weighted by molar-refractivity contribution is 7.99.